The van der Waals surface area contributed by atoms with Crippen LogP contribution in [-0.2, 0) is 9.59 Å². The Kier molecular flexibility index (Phi) is 4.56. The van der Waals surface area contributed by atoms with Crippen LogP contribution in [0.1, 0.15) is 17.9 Å². The number of aromatic hydroxyl groups is 1. The van der Waals surface area contributed by atoms with E-state index in [1.165, 1.54) is 24.3 Å². The van der Waals surface area contributed by atoms with Crippen LogP contribution in [0.15, 0.2) is 72.8 Å². The Labute approximate surface area is 176 Å². The van der Waals surface area contributed by atoms with Gasteiger partial charge >= 0.3 is 0 Å². The molecule has 3 atom stereocenters. The average molecular weight is 432 g/mol. The number of hydrogen-bond acceptors (Lipinski definition) is 3. The summed E-state index contributed by atoms with van der Waals surface area (Å²) >= 11 is 13.7. The van der Waals surface area contributed by atoms with Crippen molar-refractivity contribution in [3.63, 3.8) is 0 Å². The van der Waals surface area contributed by atoms with Crippen LogP contribution in [0, 0.1) is 5.82 Å². The number of phenols is 1. The molecule has 2 aromatic carbocycles. The van der Waals surface area contributed by atoms with Gasteiger partial charge in [0.25, 0.3) is 11.8 Å². The van der Waals surface area contributed by atoms with Crippen molar-refractivity contribution in [2.75, 3.05) is 4.90 Å². The molecule has 1 aliphatic heterocycles. The van der Waals surface area contributed by atoms with Gasteiger partial charge in [-0.2, -0.15) is 0 Å². The highest BCUT2D eigenvalue weighted by molar-refractivity contribution is 6.58. The van der Waals surface area contributed by atoms with Crippen molar-refractivity contribution >= 4 is 40.7 Å². The summed E-state index contributed by atoms with van der Waals surface area (Å²) in [6.45, 7) is 3.79. The van der Waals surface area contributed by atoms with Gasteiger partial charge in [-0.1, -0.05) is 36.9 Å². The van der Waals surface area contributed by atoms with Crippen LogP contribution in [-0.4, -0.2) is 26.7 Å². The molecule has 4 rings (SSSR count). The van der Waals surface area contributed by atoms with Gasteiger partial charge in [0.15, 0.2) is 9.75 Å². The smallest absolute Gasteiger partial charge is 0.258 e. The number of benzene rings is 2. The highest BCUT2D eigenvalue weighted by Gasteiger charge is 2.73. The van der Waals surface area contributed by atoms with Crippen molar-refractivity contribution in [2.24, 2.45) is 0 Å². The first kappa shape index (κ1) is 19.7. The summed E-state index contributed by atoms with van der Waals surface area (Å²) in [5, 5.41) is 10.4. The minimum absolute atomic E-state index is 0.00573. The number of allylic oxidation sites excluding steroid dienone is 3. The van der Waals surface area contributed by atoms with Crippen LogP contribution in [0.25, 0.3) is 0 Å². The third-order valence-corrected chi connectivity index (χ3v) is 6.96. The highest BCUT2D eigenvalue weighted by Crippen LogP contribution is 2.60. The lowest BCUT2D eigenvalue weighted by Crippen LogP contribution is -2.54. The van der Waals surface area contributed by atoms with Crippen LogP contribution < -0.4 is 4.90 Å². The lowest BCUT2D eigenvalue weighted by molar-refractivity contribution is -0.122. The number of nitrogens with zero attached hydrogens (tertiary/aromatic N) is 1. The minimum Gasteiger partial charge on any atom is -0.508 e. The van der Waals surface area contributed by atoms with Crippen molar-refractivity contribution in [1.29, 1.82) is 0 Å². The maximum atomic E-state index is 13.6. The number of carbonyl (C=O) groups excluding carboxylic acids is 2. The molecule has 0 aromatic heterocycles. The summed E-state index contributed by atoms with van der Waals surface area (Å²) < 4.78 is 13.4. The zero-order chi connectivity index (χ0) is 21.0. The van der Waals surface area contributed by atoms with Crippen LogP contribution in [0.2, 0.25) is 0 Å². The molecule has 7 heteroatoms. The van der Waals surface area contributed by atoms with Gasteiger partial charge in [0, 0.05) is 11.5 Å². The van der Waals surface area contributed by atoms with Gasteiger partial charge in [-0.05, 0) is 42.3 Å². The fourth-order valence-corrected chi connectivity index (χ4v) is 4.94. The third-order valence-electron chi connectivity index (χ3n) is 5.55. The molecule has 0 saturated carbocycles. The summed E-state index contributed by atoms with van der Waals surface area (Å²) in [6.07, 6.45) is 3.25. The maximum Gasteiger partial charge on any atom is 0.258 e. The standard InChI is InChI=1S/C22H16Cl2FNO3/c1-2-13-11-12-21(23)19(28)26(15-9-7-14(25)8-10-15)20(29)22(21,24)18(13)16-5-3-4-6-17(16)27/h2-11,18,27H,1,12H2. The number of para-hydroxylation sites is 1. The molecule has 1 aliphatic carbocycles. The van der Waals surface area contributed by atoms with Crippen molar-refractivity contribution in [3.8, 4) is 5.75 Å². The molecule has 3 unspecified atom stereocenters. The molecule has 0 radical (unpaired) electrons. The number of anilines is 1. The van der Waals surface area contributed by atoms with E-state index >= 15 is 0 Å². The van der Waals surface area contributed by atoms with Gasteiger partial charge in [0.1, 0.15) is 11.6 Å². The Balaban J connectivity index is 1.94. The van der Waals surface area contributed by atoms with Gasteiger partial charge in [-0.15, -0.1) is 23.2 Å². The molecule has 4 nitrogen and oxygen atoms in total. The van der Waals surface area contributed by atoms with Crippen molar-refractivity contribution < 1.29 is 19.1 Å². The van der Waals surface area contributed by atoms with Crippen LogP contribution in [0.3, 0.4) is 0 Å². The van der Waals surface area contributed by atoms with Gasteiger partial charge in [-0.25, -0.2) is 9.29 Å². The number of fused-ring (bicyclic) bond motifs is 1. The van der Waals surface area contributed by atoms with E-state index in [1.54, 1.807) is 24.3 Å². The van der Waals surface area contributed by atoms with Gasteiger partial charge in [0.05, 0.1) is 5.69 Å². The fourth-order valence-electron chi connectivity index (χ4n) is 4.10. The van der Waals surface area contributed by atoms with E-state index in [4.69, 9.17) is 23.2 Å². The second kappa shape index (κ2) is 6.71. The van der Waals surface area contributed by atoms with E-state index in [-0.39, 0.29) is 17.9 Å². The summed E-state index contributed by atoms with van der Waals surface area (Å²) in [5.41, 5.74) is 1.12. The van der Waals surface area contributed by atoms with E-state index < -0.39 is 33.3 Å². The summed E-state index contributed by atoms with van der Waals surface area (Å²) in [6, 6.07) is 11.4. The lowest BCUT2D eigenvalue weighted by atomic mass is 9.68. The van der Waals surface area contributed by atoms with Crippen LogP contribution in [0.5, 0.6) is 5.75 Å². The molecule has 0 spiro atoms. The molecule has 0 bridgehead atoms. The number of imide groups is 1. The number of amides is 2. The molecule has 1 heterocycles. The summed E-state index contributed by atoms with van der Waals surface area (Å²) in [4.78, 5) is 24.1. The molecular weight excluding hydrogens is 416 g/mol. The van der Waals surface area contributed by atoms with E-state index in [0.717, 1.165) is 17.0 Å². The lowest BCUT2D eigenvalue weighted by Gasteiger charge is -2.42. The first-order valence-corrected chi connectivity index (χ1v) is 9.64. The Bertz CT molecular complexity index is 1070. The second-order valence-electron chi connectivity index (χ2n) is 7.04. The number of phenolic OH excluding ortho intramolecular Hbond substituents is 1. The Morgan fingerprint density at radius 1 is 1.10 bits per heavy atom. The largest absolute Gasteiger partial charge is 0.508 e. The number of carbonyl (C=O) groups is 2. The molecule has 1 fully saturated rings. The fraction of sp³-hybridized carbons (Fsp3) is 0.182. The molecule has 29 heavy (non-hydrogen) atoms. The molecule has 1 saturated heterocycles. The van der Waals surface area contributed by atoms with E-state index in [1.807, 2.05) is 0 Å². The number of rotatable bonds is 3. The molecule has 2 aliphatic rings. The number of hydrogen-bond donors (Lipinski definition) is 1. The summed E-state index contributed by atoms with van der Waals surface area (Å²) in [5.74, 6) is -2.91. The van der Waals surface area contributed by atoms with E-state index in [9.17, 15) is 19.1 Å². The van der Waals surface area contributed by atoms with Gasteiger partial charge in [0.2, 0.25) is 0 Å². The quantitative estimate of drug-likeness (QED) is 0.567. The zero-order valence-electron chi connectivity index (χ0n) is 15.1. The van der Waals surface area contributed by atoms with Gasteiger partial charge in [-0.3, -0.25) is 9.59 Å². The third kappa shape index (κ3) is 2.57. The highest BCUT2D eigenvalue weighted by atomic mass is 35.5. The van der Waals surface area contributed by atoms with E-state index in [2.05, 4.69) is 6.58 Å². The minimum atomic E-state index is -1.91. The maximum absolute atomic E-state index is 13.6. The Hall–Kier alpha value is -2.63. The topological polar surface area (TPSA) is 57.6 Å². The second-order valence-corrected chi connectivity index (χ2v) is 8.28. The zero-order valence-corrected chi connectivity index (χ0v) is 16.6. The molecule has 148 valence electrons. The monoisotopic (exact) mass is 431 g/mol. The molecule has 1 N–H and O–H groups in total. The van der Waals surface area contributed by atoms with Crippen molar-refractivity contribution in [1.82, 2.24) is 0 Å². The SMILES string of the molecule is C=CC1=CCC2(Cl)C(=O)N(c3ccc(F)cc3)C(=O)C2(Cl)C1c1ccccc1O. The predicted molar refractivity (Wildman–Crippen MR) is 110 cm³/mol. The molecule has 2 amide bonds. The van der Waals surface area contributed by atoms with Crippen molar-refractivity contribution in [2.45, 2.75) is 22.1 Å². The average Bonchev–Trinajstić information content (AvgIpc) is 2.86. The number of alkyl halides is 2. The van der Waals surface area contributed by atoms with Crippen LogP contribution in [0.4, 0.5) is 10.1 Å². The molecule has 2 aromatic rings. The Morgan fingerprint density at radius 2 is 1.76 bits per heavy atom. The number of halogens is 3. The van der Waals surface area contributed by atoms with Crippen molar-refractivity contribution in [3.05, 3.63) is 84.2 Å². The van der Waals surface area contributed by atoms with Crippen LogP contribution >= 0.6 is 23.2 Å². The Morgan fingerprint density at radius 3 is 2.38 bits per heavy atom. The molecular formula is C22H16Cl2FNO3. The summed E-state index contributed by atoms with van der Waals surface area (Å²) in [7, 11) is 0. The van der Waals surface area contributed by atoms with Gasteiger partial charge < -0.3 is 5.11 Å². The normalized spacial score (nSPS) is 28.9. The first-order valence-electron chi connectivity index (χ1n) is 8.88. The van der Waals surface area contributed by atoms with E-state index in [0.29, 0.717) is 11.1 Å². The first-order chi connectivity index (χ1) is 13.8. The predicted octanol–water partition coefficient (Wildman–Crippen LogP) is 4.66.